The van der Waals surface area contributed by atoms with Crippen LogP contribution in [-0.4, -0.2) is 11.6 Å². The molecule has 4 nitrogen and oxygen atoms in total. The molecule has 0 aromatic carbocycles. The Morgan fingerprint density at radius 2 is 1.12 bits per heavy atom. The van der Waals surface area contributed by atoms with Gasteiger partial charge in [-0.3, -0.25) is 0 Å². The van der Waals surface area contributed by atoms with E-state index in [0.29, 0.717) is 0 Å². The zero-order valence-corrected chi connectivity index (χ0v) is 13.4. The van der Waals surface area contributed by atoms with E-state index in [4.69, 9.17) is 15.0 Å². The topological polar surface area (TPSA) is 93.2 Å². The van der Waals surface area contributed by atoms with Crippen LogP contribution in [0.3, 0.4) is 0 Å². The van der Waals surface area contributed by atoms with Crippen molar-refractivity contribution in [1.82, 2.24) is 0 Å². The molecule has 0 saturated carbocycles. The number of rotatable bonds is 0. The standard InChI is InChI=1S/CH2O3.2K.Na.H2O/c2-1(3)4;;;;/h(H2,2,3,4);;;;1H2/q;3*+1;/p-3. The SMILES string of the molecule is O=C([O-])[O-].[K+].[K+].[Na+].[OH-]. The summed E-state index contributed by atoms with van der Waals surface area (Å²) in [6, 6.07) is 0. The Morgan fingerprint density at radius 3 is 1.12 bits per heavy atom. The summed E-state index contributed by atoms with van der Waals surface area (Å²) in [5, 5.41) is 16.7. The second kappa shape index (κ2) is 22.4. The average Bonchev–Trinajstić information content (AvgIpc) is 0.811. The van der Waals surface area contributed by atoms with E-state index in [0.717, 1.165) is 0 Å². The summed E-state index contributed by atoms with van der Waals surface area (Å²) in [5.74, 6) is 0. The van der Waals surface area contributed by atoms with Gasteiger partial charge in [-0.25, -0.2) is 0 Å². The fraction of sp³-hybridized carbons (Fsp3) is 0. The van der Waals surface area contributed by atoms with Gasteiger partial charge in [0, 0.05) is 0 Å². The molecule has 0 radical (unpaired) electrons. The molecule has 0 aliphatic rings. The van der Waals surface area contributed by atoms with E-state index in [1.807, 2.05) is 0 Å². The maximum atomic E-state index is 8.33. The molecule has 7 heteroatoms. The van der Waals surface area contributed by atoms with Gasteiger partial charge in [0.25, 0.3) is 0 Å². The Labute approximate surface area is 154 Å². The smallest absolute Gasteiger partial charge is 0.870 e. The molecule has 0 spiro atoms. The van der Waals surface area contributed by atoms with Gasteiger partial charge in [-0.1, -0.05) is 0 Å². The zero-order chi connectivity index (χ0) is 3.58. The number of hydrogen-bond acceptors (Lipinski definition) is 4. The van der Waals surface area contributed by atoms with Crippen LogP contribution in [0.2, 0.25) is 0 Å². The molecule has 0 aliphatic carbocycles. The van der Waals surface area contributed by atoms with Crippen molar-refractivity contribution in [3.05, 3.63) is 0 Å². The fourth-order valence-electron chi connectivity index (χ4n) is 0. The first-order chi connectivity index (χ1) is 1.73. The largest absolute Gasteiger partial charge is 1.00 e. The summed E-state index contributed by atoms with van der Waals surface area (Å²) < 4.78 is 0. The summed E-state index contributed by atoms with van der Waals surface area (Å²) in [6.07, 6.45) is -2.33. The van der Waals surface area contributed by atoms with Crippen molar-refractivity contribution in [2.75, 3.05) is 0 Å². The molecule has 0 saturated heterocycles. The summed E-state index contributed by atoms with van der Waals surface area (Å²) in [7, 11) is 0. The van der Waals surface area contributed by atoms with Crippen LogP contribution in [-0.2, 0) is 0 Å². The maximum Gasteiger partial charge on any atom is 1.00 e. The van der Waals surface area contributed by atoms with Gasteiger partial charge in [0.15, 0.2) is 0 Å². The van der Waals surface area contributed by atoms with Crippen molar-refractivity contribution < 1.29 is 153 Å². The molecule has 0 atom stereocenters. The molecule has 32 valence electrons. The molecule has 0 aromatic heterocycles. The quantitative estimate of drug-likeness (QED) is 0.344. The van der Waals surface area contributed by atoms with Crippen molar-refractivity contribution >= 4 is 6.16 Å². The first-order valence-corrected chi connectivity index (χ1v) is 0.612. The van der Waals surface area contributed by atoms with Crippen LogP contribution in [0.15, 0.2) is 0 Å². The molecule has 0 fully saturated rings. The van der Waals surface area contributed by atoms with E-state index in [1.54, 1.807) is 0 Å². The minimum absolute atomic E-state index is 0. The number of carbonyl (C=O) groups excluding carboxylic acids is 1. The Kier molecular flexibility index (Phi) is 84.1. The van der Waals surface area contributed by atoms with Gasteiger partial charge >= 0.3 is 132 Å². The summed E-state index contributed by atoms with van der Waals surface area (Å²) in [6.45, 7) is 0. The third-order valence-corrected chi connectivity index (χ3v) is 0. The number of carboxylic acid groups (broad SMARTS) is 2. The van der Waals surface area contributed by atoms with Crippen LogP contribution in [0, 0.1) is 0 Å². The molecule has 0 aliphatic heterocycles. The first-order valence-electron chi connectivity index (χ1n) is 0.612. The van der Waals surface area contributed by atoms with Crippen molar-refractivity contribution in [3.63, 3.8) is 0 Å². The van der Waals surface area contributed by atoms with Crippen LogP contribution < -0.4 is 143 Å². The number of carbonyl (C=O) groups is 1. The van der Waals surface area contributed by atoms with E-state index >= 15 is 0 Å². The van der Waals surface area contributed by atoms with E-state index in [9.17, 15) is 0 Å². The third kappa shape index (κ3) is 56.0. The summed E-state index contributed by atoms with van der Waals surface area (Å²) in [5.41, 5.74) is 0. The van der Waals surface area contributed by atoms with E-state index in [1.165, 1.54) is 0 Å². The Morgan fingerprint density at radius 1 is 1.12 bits per heavy atom. The number of hydrogen-bond donors (Lipinski definition) is 0. The van der Waals surface area contributed by atoms with Gasteiger partial charge in [-0.2, -0.15) is 0 Å². The Bertz CT molecular complexity index is 37.0. The van der Waals surface area contributed by atoms with E-state index in [2.05, 4.69) is 0 Å². The molecule has 0 rings (SSSR count). The molecule has 0 aromatic rings. The van der Waals surface area contributed by atoms with Crippen LogP contribution in [0.25, 0.3) is 0 Å². The monoisotopic (exact) mass is 178 g/mol. The van der Waals surface area contributed by atoms with Crippen molar-refractivity contribution in [2.24, 2.45) is 0 Å². The van der Waals surface area contributed by atoms with Crippen molar-refractivity contribution in [1.29, 1.82) is 0 Å². The van der Waals surface area contributed by atoms with E-state index < -0.39 is 6.16 Å². The molecule has 0 unspecified atom stereocenters. The predicted octanol–water partition coefficient (Wildman–Crippen LogP) is -11.6. The summed E-state index contributed by atoms with van der Waals surface area (Å²) >= 11 is 0. The van der Waals surface area contributed by atoms with Crippen molar-refractivity contribution in [2.45, 2.75) is 0 Å². The molecule has 0 amide bonds. The third-order valence-electron chi connectivity index (χ3n) is 0. The Hall–Kier alpha value is 3.50. The fourth-order valence-corrected chi connectivity index (χ4v) is 0. The minimum Gasteiger partial charge on any atom is -0.870 e. The predicted molar refractivity (Wildman–Crippen MR) is 7.33 cm³/mol. The normalized spacial score (nSPS) is 3.00. The van der Waals surface area contributed by atoms with Crippen molar-refractivity contribution in [3.8, 4) is 0 Å². The molecule has 0 bridgehead atoms. The molecule has 0 heterocycles. The van der Waals surface area contributed by atoms with Crippen LogP contribution in [0.4, 0.5) is 4.79 Å². The van der Waals surface area contributed by atoms with Gasteiger partial charge in [-0.15, -0.1) is 0 Å². The second-order valence-electron chi connectivity index (χ2n) is 0.250. The van der Waals surface area contributed by atoms with Crippen LogP contribution in [0.1, 0.15) is 0 Å². The molecule has 8 heavy (non-hydrogen) atoms. The van der Waals surface area contributed by atoms with Gasteiger partial charge in [0.1, 0.15) is 0 Å². The second-order valence-corrected chi connectivity index (χ2v) is 0.250. The first kappa shape index (κ1) is 30.0. The van der Waals surface area contributed by atoms with Gasteiger partial charge < -0.3 is 20.5 Å². The van der Waals surface area contributed by atoms with Crippen LogP contribution in [0.5, 0.6) is 0 Å². The molecule has 1 N–H and O–H groups in total. The van der Waals surface area contributed by atoms with Gasteiger partial charge in [0.05, 0.1) is 0 Å². The average molecular weight is 178 g/mol. The molecular weight excluding hydrogens is 177 g/mol. The summed E-state index contributed by atoms with van der Waals surface area (Å²) in [4.78, 5) is 8.33. The minimum atomic E-state index is -2.33. The Balaban J connectivity index is -0.00000000750. The van der Waals surface area contributed by atoms with Crippen LogP contribution >= 0.6 is 0 Å². The van der Waals surface area contributed by atoms with Gasteiger partial charge in [0.2, 0.25) is 0 Å². The van der Waals surface area contributed by atoms with E-state index in [-0.39, 0.29) is 138 Å². The maximum absolute atomic E-state index is 8.33. The molecular formula is CHK2NaO4. The van der Waals surface area contributed by atoms with Gasteiger partial charge in [-0.05, 0) is 6.16 Å². The zero-order valence-electron chi connectivity index (χ0n) is 5.17.